The van der Waals surface area contributed by atoms with Gasteiger partial charge in [0.2, 0.25) is 10.6 Å². The van der Waals surface area contributed by atoms with Crippen LogP contribution in [0.15, 0.2) is 29.4 Å². The zero-order valence-corrected chi connectivity index (χ0v) is 14.2. The molecule has 2 heterocycles. The Hall–Kier alpha value is -2.75. The molecule has 0 saturated carbocycles. The maximum atomic E-state index is 13.1. The number of alkyl halides is 3. The molecule has 0 unspecified atom stereocenters. The summed E-state index contributed by atoms with van der Waals surface area (Å²) >= 11 is 5.17. The second-order valence-electron chi connectivity index (χ2n) is 5.88. The highest BCUT2D eigenvalue weighted by Crippen LogP contribution is 2.31. The van der Waals surface area contributed by atoms with Gasteiger partial charge in [0.15, 0.2) is 0 Å². The number of nitrogens with one attached hydrogen (secondary N) is 2. The van der Waals surface area contributed by atoms with E-state index in [-0.39, 0.29) is 10.3 Å². The van der Waals surface area contributed by atoms with Crippen molar-refractivity contribution in [2.45, 2.75) is 25.4 Å². The van der Waals surface area contributed by atoms with Crippen LogP contribution in [0.5, 0.6) is 0 Å². The van der Waals surface area contributed by atoms with Crippen molar-refractivity contribution in [2.24, 2.45) is 5.10 Å². The van der Waals surface area contributed by atoms with E-state index in [4.69, 9.17) is 12.2 Å². The van der Waals surface area contributed by atoms with Gasteiger partial charge in [-0.25, -0.2) is 5.10 Å². The predicted molar refractivity (Wildman–Crippen MR) is 91.5 cm³/mol. The van der Waals surface area contributed by atoms with Gasteiger partial charge in [-0.05, 0) is 37.5 Å². The monoisotopic (exact) mass is 378 g/mol. The van der Waals surface area contributed by atoms with Crippen LogP contribution in [0.2, 0.25) is 0 Å². The molecule has 0 fully saturated rings. The Balaban J connectivity index is 1.76. The molecule has 134 valence electrons. The topological polar surface area (TPSA) is 74.7 Å². The molecule has 0 radical (unpaired) electrons. The Morgan fingerprint density at radius 3 is 2.77 bits per heavy atom. The Kier molecular flexibility index (Phi) is 3.98. The van der Waals surface area contributed by atoms with Crippen LogP contribution in [0.1, 0.15) is 28.8 Å². The molecular formula is C16H13F3N6S. The number of halogens is 3. The molecular weight excluding hydrogens is 365 g/mol. The van der Waals surface area contributed by atoms with Gasteiger partial charge in [-0.2, -0.15) is 33.1 Å². The van der Waals surface area contributed by atoms with E-state index in [0.717, 1.165) is 42.8 Å². The fourth-order valence-corrected chi connectivity index (χ4v) is 3.22. The van der Waals surface area contributed by atoms with E-state index in [1.165, 1.54) is 22.9 Å². The lowest BCUT2D eigenvalue weighted by Crippen LogP contribution is -2.09. The lowest BCUT2D eigenvalue weighted by Gasteiger charge is -2.09. The second kappa shape index (κ2) is 6.20. The number of aromatic nitrogens is 5. The van der Waals surface area contributed by atoms with Gasteiger partial charge < -0.3 is 0 Å². The summed E-state index contributed by atoms with van der Waals surface area (Å²) in [5.41, 5.74) is 1.89. The first-order valence-corrected chi connectivity index (χ1v) is 8.30. The minimum atomic E-state index is -4.47. The van der Waals surface area contributed by atoms with Crippen LogP contribution in [-0.2, 0) is 19.0 Å². The van der Waals surface area contributed by atoms with Gasteiger partial charge in [-0.15, -0.1) is 0 Å². The van der Waals surface area contributed by atoms with E-state index in [1.807, 2.05) is 0 Å². The van der Waals surface area contributed by atoms with Crippen LogP contribution < -0.4 is 0 Å². The third-order valence-corrected chi connectivity index (χ3v) is 4.51. The maximum Gasteiger partial charge on any atom is 0.417 e. The van der Waals surface area contributed by atoms with E-state index in [9.17, 15) is 13.2 Å². The number of hydrogen-bond acceptors (Lipinski definition) is 4. The molecule has 3 aromatic rings. The van der Waals surface area contributed by atoms with Gasteiger partial charge in [-0.1, -0.05) is 18.2 Å². The predicted octanol–water partition coefficient (Wildman–Crippen LogP) is 3.72. The molecule has 2 aromatic heterocycles. The summed E-state index contributed by atoms with van der Waals surface area (Å²) in [5, 5.41) is 18.1. The number of benzene rings is 1. The molecule has 0 spiro atoms. The third kappa shape index (κ3) is 2.85. The molecule has 2 N–H and O–H groups in total. The molecule has 0 saturated heterocycles. The van der Waals surface area contributed by atoms with Crippen molar-refractivity contribution in [2.75, 3.05) is 0 Å². The molecule has 10 heteroatoms. The minimum Gasteiger partial charge on any atom is -0.282 e. The molecule has 0 atom stereocenters. The van der Waals surface area contributed by atoms with Crippen molar-refractivity contribution >= 4 is 18.4 Å². The highest BCUT2D eigenvalue weighted by molar-refractivity contribution is 7.71. The minimum absolute atomic E-state index is 0.0543. The Morgan fingerprint density at radius 1 is 1.15 bits per heavy atom. The van der Waals surface area contributed by atoms with Crippen LogP contribution in [0, 0.1) is 4.77 Å². The Labute approximate surface area is 150 Å². The Morgan fingerprint density at radius 2 is 1.96 bits per heavy atom. The number of aromatic amines is 2. The molecule has 1 aliphatic rings. The first-order chi connectivity index (χ1) is 12.4. The smallest absolute Gasteiger partial charge is 0.282 e. The van der Waals surface area contributed by atoms with Gasteiger partial charge in [0.05, 0.1) is 11.8 Å². The van der Waals surface area contributed by atoms with Gasteiger partial charge >= 0.3 is 6.18 Å². The standard InChI is InChI=1S/C16H13F3N6S/c17-16(18,19)11-6-2-1-4-9(11)8-20-25-14(23-24-15(25)26)13-10-5-3-7-12(10)21-22-13/h1-2,4,6,8H,3,5,7H2,(H,21,22)(H,24,26)/b20-8+. The van der Waals surface area contributed by atoms with Crippen LogP contribution in [-0.4, -0.2) is 31.3 Å². The highest BCUT2D eigenvalue weighted by Gasteiger charge is 2.32. The molecule has 6 nitrogen and oxygen atoms in total. The summed E-state index contributed by atoms with van der Waals surface area (Å²) in [7, 11) is 0. The van der Waals surface area contributed by atoms with E-state index in [0.29, 0.717) is 11.5 Å². The zero-order chi connectivity index (χ0) is 18.3. The summed E-state index contributed by atoms with van der Waals surface area (Å²) in [6, 6.07) is 5.22. The van der Waals surface area contributed by atoms with E-state index >= 15 is 0 Å². The van der Waals surface area contributed by atoms with Crippen LogP contribution in [0.25, 0.3) is 11.5 Å². The van der Waals surface area contributed by atoms with Crippen molar-refractivity contribution < 1.29 is 13.2 Å². The molecule has 1 aliphatic carbocycles. The van der Waals surface area contributed by atoms with Gasteiger partial charge in [0.1, 0.15) is 5.69 Å². The summed E-state index contributed by atoms with van der Waals surface area (Å²) in [5.74, 6) is 0.370. The van der Waals surface area contributed by atoms with Gasteiger partial charge in [0, 0.05) is 16.8 Å². The normalized spacial score (nSPS) is 14.3. The van der Waals surface area contributed by atoms with Gasteiger partial charge in [0.25, 0.3) is 0 Å². The average Bonchev–Trinajstić information content (AvgIpc) is 3.28. The Bertz CT molecular complexity index is 1040. The average molecular weight is 378 g/mol. The molecule has 26 heavy (non-hydrogen) atoms. The van der Waals surface area contributed by atoms with Crippen molar-refractivity contribution in [1.29, 1.82) is 0 Å². The summed E-state index contributed by atoms with van der Waals surface area (Å²) in [4.78, 5) is 0. The van der Waals surface area contributed by atoms with E-state index in [1.54, 1.807) is 0 Å². The van der Waals surface area contributed by atoms with E-state index in [2.05, 4.69) is 25.5 Å². The van der Waals surface area contributed by atoms with Gasteiger partial charge in [-0.3, -0.25) is 5.10 Å². The highest BCUT2D eigenvalue weighted by atomic mass is 32.1. The fraction of sp³-hybridized carbons (Fsp3) is 0.250. The number of nitrogens with zero attached hydrogens (tertiary/aromatic N) is 4. The van der Waals surface area contributed by atoms with Crippen molar-refractivity contribution in [3.8, 4) is 11.5 Å². The molecule has 4 rings (SSSR count). The number of aryl methyl sites for hydroxylation is 1. The lowest BCUT2D eigenvalue weighted by atomic mass is 10.1. The van der Waals surface area contributed by atoms with Crippen molar-refractivity contribution in [3.63, 3.8) is 0 Å². The summed E-state index contributed by atoms with van der Waals surface area (Å²) < 4.78 is 40.8. The SMILES string of the molecule is FC(F)(F)c1ccccc1/C=N/n1c(-c2n[nH]c3c2CCC3)n[nH]c1=S. The molecule has 0 aliphatic heterocycles. The van der Waals surface area contributed by atoms with E-state index < -0.39 is 11.7 Å². The largest absolute Gasteiger partial charge is 0.417 e. The van der Waals surface area contributed by atoms with Crippen molar-refractivity contribution in [1.82, 2.24) is 25.1 Å². The summed E-state index contributed by atoms with van der Waals surface area (Å²) in [6.45, 7) is 0. The number of H-pyrrole nitrogens is 2. The second-order valence-corrected chi connectivity index (χ2v) is 6.26. The first kappa shape index (κ1) is 16.7. The van der Waals surface area contributed by atoms with Crippen molar-refractivity contribution in [3.05, 3.63) is 51.4 Å². The molecule has 0 amide bonds. The summed E-state index contributed by atoms with van der Waals surface area (Å²) in [6.07, 6.45) is -0.544. The third-order valence-electron chi connectivity index (χ3n) is 4.25. The molecule has 1 aromatic carbocycles. The fourth-order valence-electron chi connectivity index (χ4n) is 3.04. The van der Waals surface area contributed by atoms with Crippen LogP contribution in [0.3, 0.4) is 0 Å². The zero-order valence-electron chi connectivity index (χ0n) is 13.3. The number of rotatable bonds is 3. The van der Waals surface area contributed by atoms with Crippen LogP contribution >= 0.6 is 12.2 Å². The van der Waals surface area contributed by atoms with Crippen LogP contribution in [0.4, 0.5) is 13.2 Å². The maximum absolute atomic E-state index is 13.1. The quantitative estimate of drug-likeness (QED) is 0.539. The number of hydrogen-bond donors (Lipinski definition) is 2. The number of fused-ring (bicyclic) bond motifs is 1. The first-order valence-electron chi connectivity index (χ1n) is 7.89. The molecule has 0 bridgehead atoms. The lowest BCUT2D eigenvalue weighted by molar-refractivity contribution is -0.137.